The molecular weight excluding hydrogens is 498 g/mol. The van der Waals surface area contributed by atoms with Crippen molar-refractivity contribution < 1.29 is 9.59 Å². The number of benzene rings is 2. The topological polar surface area (TPSA) is 90.7 Å². The molecule has 1 saturated carbocycles. The highest BCUT2D eigenvalue weighted by molar-refractivity contribution is 5.76. The van der Waals surface area contributed by atoms with Crippen LogP contribution in [0.5, 0.6) is 0 Å². The normalized spacial score (nSPS) is 16.8. The minimum absolute atomic E-state index is 0.0229. The molecule has 0 aromatic heterocycles. The van der Waals surface area contributed by atoms with Gasteiger partial charge >= 0.3 is 12.1 Å². The minimum Gasteiger partial charge on any atom is -0.338 e. The molecule has 0 saturated heterocycles. The van der Waals surface area contributed by atoms with E-state index in [4.69, 9.17) is 5.73 Å². The van der Waals surface area contributed by atoms with Crippen molar-refractivity contribution in [2.75, 3.05) is 32.7 Å². The van der Waals surface area contributed by atoms with Crippen molar-refractivity contribution in [2.45, 2.75) is 76.8 Å². The first-order valence-corrected chi connectivity index (χ1v) is 15.0. The standard InChI is InChI=1S/C33H49N5O2/c1-4-21-35-32(39)37(23-20-29(27-14-8-6-9-15-27)28-16-10-7-11-17-28)24-26(3)25-38(33(40)36-22-5-2)31-19-13-12-18-30(31)34/h6-11,14-17,29-31H,3-5,12-13,18-25,34H2,1-2H3,(H,35,39)(H,36,40)/t30-,31-/m1/s1. The molecule has 218 valence electrons. The van der Waals surface area contributed by atoms with Crippen molar-refractivity contribution >= 4 is 12.1 Å². The monoisotopic (exact) mass is 547 g/mol. The van der Waals surface area contributed by atoms with Crippen LogP contribution in [0.2, 0.25) is 0 Å². The summed E-state index contributed by atoms with van der Waals surface area (Å²) >= 11 is 0. The molecule has 4 amide bonds. The fourth-order valence-corrected chi connectivity index (χ4v) is 5.54. The second-order valence-corrected chi connectivity index (χ2v) is 10.9. The molecule has 3 rings (SSSR count). The number of nitrogens with zero attached hydrogens (tertiary/aromatic N) is 2. The van der Waals surface area contributed by atoms with Crippen molar-refractivity contribution in [2.24, 2.45) is 5.73 Å². The average Bonchev–Trinajstić information content (AvgIpc) is 2.98. The molecule has 1 aliphatic carbocycles. The number of urea groups is 2. The van der Waals surface area contributed by atoms with Crippen LogP contribution in [-0.2, 0) is 0 Å². The summed E-state index contributed by atoms with van der Waals surface area (Å²) in [5, 5.41) is 6.08. The van der Waals surface area contributed by atoms with Crippen LogP contribution in [0, 0.1) is 0 Å². The lowest BCUT2D eigenvalue weighted by atomic mass is 9.88. The largest absolute Gasteiger partial charge is 0.338 e. The van der Waals surface area contributed by atoms with Crippen LogP contribution in [0.1, 0.15) is 75.8 Å². The van der Waals surface area contributed by atoms with Gasteiger partial charge in [-0.2, -0.15) is 0 Å². The number of amides is 4. The van der Waals surface area contributed by atoms with E-state index < -0.39 is 0 Å². The van der Waals surface area contributed by atoms with Crippen molar-refractivity contribution in [3.05, 3.63) is 83.9 Å². The predicted octanol–water partition coefficient (Wildman–Crippen LogP) is 5.88. The van der Waals surface area contributed by atoms with Crippen molar-refractivity contribution in [1.29, 1.82) is 0 Å². The van der Waals surface area contributed by atoms with E-state index in [9.17, 15) is 9.59 Å². The van der Waals surface area contributed by atoms with Gasteiger partial charge in [0, 0.05) is 50.7 Å². The third kappa shape index (κ3) is 9.40. The summed E-state index contributed by atoms with van der Waals surface area (Å²) in [7, 11) is 0. The first kappa shape index (κ1) is 31.2. The number of rotatable bonds is 14. The van der Waals surface area contributed by atoms with E-state index >= 15 is 0 Å². The Morgan fingerprint density at radius 1 is 0.875 bits per heavy atom. The second-order valence-electron chi connectivity index (χ2n) is 10.9. The van der Waals surface area contributed by atoms with E-state index in [0.29, 0.717) is 32.7 Å². The molecule has 2 aromatic carbocycles. The van der Waals surface area contributed by atoms with Gasteiger partial charge in [0.25, 0.3) is 0 Å². The molecule has 0 heterocycles. The van der Waals surface area contributed by atoms with E-state index in [1.54, 1.807) is 0 Å². The summed E-state index contributed by atoms with van der Waals surface area (Å²) in [5.41, 5.74) is 9.77. The van der Waals surface area contributed by atoms with Crippen LogP contribution in [0.4, 0.5) is 9.59 Å². The van der Waals surface area contributed by atoms with E-state index in [1.807, 2.05) is 35.8 Å². The highest BCUT2D eigenvalue weighted by atomic mass is 16.2. The Hall–Kier alpha value is -3.32. The van der Waals surface area contributed by atoms with Gasteiger partial charge in [-0.15, -0.1) is 0 Å². The molecule has 0 unspecified atom stereocenters. The fourth-order valence-electron chi connectivity index (χ4n) is 5.54. The maximum atomic E-state index is 13.3. The third-order valence-electron chi connectivity index (χ3n) is 7.68. The summed E-state index contributed by atoms with van der Waals surface area (Å²) in [4.78, 5) is 30.2. The lowest BCUT2D eigenvalue weighted by Gasteiger charge is -2.39. The zero-order valence-electron chi connectivity index (χ0n) is 24.5. The Kier molecular flexibility index (Phi) is 13.0. The number of carbonyl (C=O) groups is 2. The molecule has 0 aliphatic heterocycles. The van der Waals surface area contributed by atoms with Crippen LogP contribution in [0.3, 0.4) is 0 Å². The SMILES string of the molecule is C=C(CN(CCC(c1ccccc1)c1ccccc1)C(=O)NCCC)CN(C(=O)NCCC)[C@@H]1CCCC[C@H]1N. The van der Waals surface area contributed by atoms with Crippen molar-refractivity contribution in [3.8, 4) is 0 Å². The highest BCUT2D eigenvalue weighted by Gasteiger charge is 2.31. The zero-order chi connectivity index (χ0) is 28.7. The highest BCUT2D eigenvalue weighted by Crippen LogP contribution is 2.28. The van der Waals surface area contributed by atoms with Gasteiger partial charge in [0.05, 0.1) is 0 Å². The molecule has 1 aliphatic rings. The molecule has 0 spiro atoms. The molecule has 1 fully saturated rings. The molecule has 0 bridgehead atoms. The van der Waals surface area contributed by atoms with Gasteiger partial charge in [-0.25, -0.2) is 9.59 Å². The minimum atomic E-state index is -0.0979. The van der Waals surface area contributed by atoms with Gasteiger partial charge in [-0.05, 0) is 48.8 Å². The van der Waals surface area contributed by atoms with Crippen molar-refractivity contribution in [1.82, 2.24) is 20.4 Å². The maximum Gasteiger partial charge on any atom is 0.317 e. The molecule has 7 heteroatoms. The predicted molar refractivity (Wildman–Crippen MR) is 164 cm³/mol. The van der Waals surface area contributed by atoms with Crippen LogP contribution < -0.4 is 16.4 Å². The first-order valence-electron chi connectivity index (χ1n) is 15.0. The quantitative estimate of drug-likeness (QED) is 0.258. The maximum absolute atomic E-state index is 13.3. The van der Waals surface area contributed by atoms with E-state index in [1.165, 1.54) is 11.1 Å². The zero-order valence-corrected chi connectivity index (χ0v) is 24.5. The number of carbonyl (C=O) groups excluding carboxylic acids is 2. The van der Waals surface area contributed by atoms with Crippen LogP contribution in [0.25, 0.3) is 0 Å². The Balaban J connectivity index is 1.76. The summed E-state index contributed by atoms with van der Waals surface area (Å²) in [6.07, 6.45) is 6.47. The molecule has 40 heavy (non-hydrogen) atoms. The summed E-state index contributed by atoms with van der Waals surface area (Å²) in [5.74, 6) is 0.161. The van der Waals surface area contributed by atoms with Crippen LogP contribution in [-0.4, -0.2) is 66.7 Å². The Morgan fingerprint density at radius 3 is 1.98 bits per heavy atom. The first-order chi connectivity index (χ1) is 19.4. The van der Waals surface area contributed by atoms with Gasteiger partial charge in [0.15, 0.2) is 0 Å². The van der Waals surface area contributed by atoms with Gasteiger partial charge in [0.2, 0.25) is 0 Å². The number of hydrogen-bond donors (Lipinski definition) is 3. The summed E-state index contributed by atoms with van der Waals surface area (Å²) in [6, 6.07) is 20.6. The van der Waals surface area contributed by atoms with Crippen LogP contribution >= 0.6 is 0 Å². The Bertz CT molecular complexity index is 1010. The Morgan fingerprint density at radius 2 is 1.43 bits per heavy atom. The lowest BCUT2D eigenvalue weighted by Crippen LogP contribution is -2.55. The molecule has 2 aromatic rings. The van der Waals surface area contributed by atoms with Gasteiger partial charge < -0.3 is 26.2 Å². The van der Waals surface area contributed by atoms with E-state index in [0.717, 1.165) is 50.5 Å². The second kappa shape index (κ2) is 16.7. The van der Waals surface area contributed by atoms with Crippen molar-refractivity contribution in [3.63, 3.8) is 0 Å². The molecule has 0 radical (unpaired) electrons. The number of nitrogens with two attached hydrogens (primary N) is 1. The molecule has 4 N–H and O–H groups in total. The molecule has 7 nitrogen and oxygen atoms in total. The summed E-state index contributed by atoms with van der Waals surface area (Å²) in [6.45, 7) is 11.0. The van der Waals surface area contributed by atoms with E-state index in [-0.39, 0.29) is 30.1 Å². The van der Waals surface area contributed by atoms with Gasteiger partial charge in [-0.1, -0.05) is 93.9 Å². The lowest BCUT2D eigenvalue weighted by molar-refractivity contribution is 0.149. The summed E-state index contributed by atoms with van der Waals surface area (Å²) < 4.78 is 0. The Labute approximate surface area is 241 Å². The smallest absolute Gasteiger partial charge is 0.317 e. The van der Waals surface area contributed by atoms with E-state index in [2.05, 4.69) is 65.7 Å². The third-order valence-corrected chi connectivity index (χ3v) is 7.68. The molecule has 2 atom stereocenters. The fraction of sp³-hybridized carbons (Fsp3) is 0.515. The average molecular weight is 548 g/mol. The van der Waals surface area contributed by atoms with Crippen LogP contribution in [0.15, 0.2) is 72.8 Å². The number of nitrogens with one attached hydrogen (secondary N) is 2. The molecular formula is C33H49N5O2. The van der Waals surface area contributed by atoms with Gasteiger partial charge in [-0.3, -0.25) is 0 Å². The number of hydrogen-bond acceptors (Lipinski definition) is 3. The van der Waals surface area contributed by atoms with Gasteiger partial charge in [0.1, 0.15) is 0 Å².